The Morgan fingerprint density at radius 1 is 0.341 bits per heavy atom. The van der Waals surface area contributed by atoms with Crippen LogP contribution in [-0.2, 0) is 6.18 Å². The first-order valence-electron chi connectivity index (χ1n) is 23.0. The summed E-state index contributed by atoms with van der Waals surface area (Å²) >= 11 is 3.35. The molecule has 0 saturated heterocycles. The van der Waals surface area contributed by atoms with E-state index >= 15 is 0 Å². The van der Waals surface area contributed by atoms with Gasteiger partial charge in [-0.05, 0) is 97.1 Å². The molecule has 0 bridgehead atoms. The molecule has 0 aliphatic heterocycles. The number of fused-ring (bicyclic) bond motifs is 7. The topological polar surface area (TPSA) is 383 Å². The Morgan fingerprint density at radius 3 is 1.43 bits per heavy atom. The van der Waals surface area contributed by atoms with Crippen molar-refractivity contribution in [2.24, 2.45) is 0 Å². The summed E-state index contributed by atoms with van der Waals surface area (Å²) in [6.45, 7) is 0. The molecule has 0 aliphatic carbocycles. The van der Waals surface area contributed by atoms with E-state index in [0.29, 0.717) is 62.0 Å². The number of aromatic amines is 7. The number of nitrogens with two attached hydrogens (primary N) is 7. The van der Waals surface area contributed by atoms with E-state index in [1.807, 2.05) is 18.2 Å². The molecular formula is C50H40BrF10N21. The first-order valence-corrected chi connectivity index (χ1v) is 23.8. The molecule has 7 heterocycles. The molecule has 0 unspecified atom stereocenters. The zero-order valence-electron chi connectivity index (χ0n) is 41.3. The van der Waals surface area contributed by atoms with Crippen LogP contribution in [0.3, 0.4) is 0 Å². The maximum Gasteiger partial charge on any atom is 0.419 e. The number of para-hydroxylation sites is 1. The van der Waals surface area contributed by atoms with E-state index in [0.717, 1.165) is 44.5 Å². The van der Waals surface area contributed by atoms with Crippen molar-refractivity contribution in [2.45, 2.75) is 6.18 Å². The molecule has 0 atom stereocenters. The molecule has 0 radical (unpaired) electrons. The van der Waals surface area contributed by atoms with Gasteiger partial charge in [-0.25, -0.2) is 30.7 Å². The summed E-state index contributed by atoms with van der Waals surface area (Å²) in [5, 5.41) is 47.1. The highest BCUT2D eigenvalue weighted by Gasteiger charge is 2.35. The summed E-state index contributed by atoms with van der Waals surface area (Å²) < 4.78 is 128. The smallest absolute Gasteiger partial charge is 0.382 e. The third-order valence-corrected chi connectivity index (χ3v) is 11.9. The summed E-state index contributed by atoms with van der Waals surface area (Å²) in [5.74, 6) is -2.09. The van der Waals surface area contributed by atoms with Gasteiger partial charge in [0.2, 0.25) is 0 Å². The van der Waals surface area contributed by atoms with Crippen molar-refractivity contribution in [3.05, 3.63) is 166 Å². The van der Waals surface area contributed by atoms with Gasteiger partial charge in [0, 0.05) is 42.9 Å². The molecular weight excluding hydrogens is 1160 g/mol. The molecule has 7 aromatic carbocycles. The van der Waals surface area contributed by atoms with Crippen molar-refractivity contribution in [1.29, 1.82) is 0 Å². The van der Waals surface area contributed by atoms with Gasteiger partial charge in [-0.3, -0.25) is 35.7 Å². The largest absolute Gasteiger partial charge is 0.419 e. The molecule has 0 saturated carbocycles. The Hall–Kier alpha value is -10.8. The standard InChI is InChI=1S/C8H5F4N3.C7H6BrN3.C7H5F2N3.4C7H6FN3/c9-5-4(8(10,11)12)2-1-3-6(5)14-15-7(3)13;8-4-1-2-5-6(3-4)10-11-7(5)9;8-3-1-4-6(5(9)2-3)11-12-7(4)10;8-4-1-2-6-5(3-4)7(9)11-10-6;8-4-1-2-5-6(3-4)10-11-7(5)9;8-4-2-1-3-5-6(4)7(9)11-10-5;8-5-3-1-2-4-6(5)10-11-7(4)9/h1-2H,(H3,13,14,15);1-3H,(H3,9,10,11);1-2H,(H3,10,11,12);4*1-3H,(H3,9,10,11). The average Bonchev–Trinajstić information content (AvgIpc) is 4.46. The second-order valence-corrected chi connectivity index (χ2v) is 17.7. The van der Waals surface area contributed by atoms with Gasteiger partial charge in [0.25, 0.3) is 0 Å². The van der Waals surface area contributed by atoms with Gasteiger partial charge in [-0.2, -0.15) is 48.9 Å². The highest BCUT2D eigenvalue weighted by molar-refractivity contribution is 9.10. The number of nitrogen functional groups attached to an aromatic ring is 7. The van der Waals surface area contributed by atoms with Crippen molar-refractivity contribution >= 4 is 133 Å². The summed E-state index contributed by atoms with van der Waals surface area (Å²) in [5.41, 5.74) is 39.7. The van der Waals surface area contributed by atoms with Gasteiger partial charge in [-0.15, -0.1) is 0 Å². The Balaban J connectivity index is 0.000000126. The van der Waals surface area contributed by atoms with Crippen molar-refractivity contribution in [1.82, 2.24) is 71.4 Å². The number of alkyl halides is 3. The van der Waals surface area contributed by atoms with Crippen LogP contribution in [0.4, 0.5) is 84.6 Å². The molecule has 0 spiro atoms. The zero-order chi connectivity index (χ0) is 59.2. The molecule has 0 amide bonds. The minimum atomic E-state index is -4.72. The monoisotopic (exact) mass is 1200 g/mol. The van der Waals surface area contributed by atoms with Crippen molar-refractivity contribution in [3.8, 4) is 0 Å². The van der Waals surface area contributed by atoms with Crippen molar-refractivity contribution in [3.63, 3.8) is 0 Å². The number of H-pyrrole nitrogens is 7. The van der Waals surface area contributed by atoms with Gasteiger partial charge in [0.05, 0.1) is 33.0 Å². The van der Waals surface area contributed by atoms with E-state index in [1.165, 1.54) is 36.4 Å². The minimum absolute atomic E-state index is 0.0300. The normalized spacial score (nSPS) is 11.0. The summed E-state index contributed by atoms with van der Waals surface area (Å²) in [4.78, 5) is 0. The third-order valence-electron chi connectivity index (χ3n) is 11.4. The predicted octanol–water partition coefficient (Wildman–Crippen LogP) is 10.8. The summed E-state index contributed by atoms with van der Waals surface area (Å²) in [7, 11) is 0. The number of aromatic nitrogens is 14. The van der Waals surface area contributed by atoms with Crippen LogP contribution < -0.4 is 40.1 Å². The number of nitrogens with zero attached hydrogens (tertiary/aromatic N) is 7. The van der Waals surface area contributed by atoms with Crippen LogP contribution in [0.1, 0.15) is 5.56 Å². The third kappa shape index (κ3) is 12.9. The quantitative estimate of drug-likeness (QED) is 0.0628. The molecule has 0 aliphatic rings. The molecule has 7 aromatic heterocycles. The van der Waals surface area contributed by atoms with Gasteiger partial charge in [0.15, 0.2) is 52.4 Å². The lowest BCUT2D eigenvalue weighted by atomic mass is 10.1. The number of hydrogen-bond donors (Lipinski definition) is 14. The van der Waals surface area contributed by atoms with Crippen molar-refractivity contribution in [2.75, 3.05) is 40.1 Å². The zero-order valence-corrected chi connectivity index (χ0v) is 42.9. The SMILES string of the molecule is Nc1n[nH]c2c(F)c(C(F)(F)F)ccc12.Nc1n[nH]c2c(F)cc(F)cc12.Nc1n[nH]c2c(F)cccc12.Nc1n[nH]c2cc(Br)ccc12.Nc1n[nH]c2cc(F)ccc12.Nc1n[nH]c2ccc(F)cc12.Nc1n[nH]c2cccc(F)c12. The van der Waals surface area contributed by atoms with Crippen LogP contribution in [0.15, 0.2) is 120 Å². The Labute approximate surface area is 459 Å². The highest BCUT2D eigenvalue weighted by atomic mass is 79.9. The molecule has 0 fully saturated rings. The van der Waals surface area contributed by atoms with Gasteiger partial charge in [-0.1, -0.05) is 28.1 Å². The molecule has 82 heavy (non-hydrogen) atoms. The predicted molar refractivity (Wildman–Crippen MR) is 296 cm³/mol. The molecule has 14 rings (SSSR count). The maximum atomic E-state index is 13.3. The number of rotatable bonds is 0. The average molecular weight is 1200 g/mol. The van der Waals surface area contributed by atoms with Crippen LogP contribution in [0.5, 0.6) is 0 Å². The molecule has 14 aromatic rings. The minimum Gasteiger partial charge on any atom is -0.382 e. The highest BCUT2D eigenvalue weighted by Crippen LogP contribution is 2.35. The van der Waals surface area contributed by atoms with E-state index in [9.17, 15) is 43.9 Å². The second-order valence-electron chi connectivity index (χ2n) is 16.8. The maximum absolute atomic E-state index is 13.3. The van der Waals surface area contributed by atoms with E-state index in [-0.39, 0.29) is 62.5 Å². The number of anilines is 7. The number of benzene rings is 7. The van der Waals surface area contributed by atoms with E-state index in [4.69, 9.17) is 40.1 Å². The van der Waals surface area contributed by atoms with Gasteiger partial charge < -0.3 is 40.1 Å². The first kappa shape index (κ1) is 57.4. The van der Waals surface area contributed by atoms with E-state index in [1.54, 1.807) is 36.4 Å². The fourth-order valence-electron chi connectivity index (χ4n) is 7.47. The fraction of sp³-hybridized carbons (Fsp3) is 0.0200. The number of nitrogens with one attached hydrogen (secondary N) is 7. The van der Waals surface area contributed by atoms with Crippen molar-refractivity contribution < 1.29 is 43.9 Å². The van der Waals surface area contributed by atoms with E-state index < -0.39 is 29.2 Å². The lowest BCUT2D eigenvalue weighted by Gasteiger charge is -2.07. The first-order chi connectivity index (χ1) is 39.0. The summed E-state index contributed by atoms with van der Waals surface area (Å²) in [6.07, 6.45) is -4.72. The lowest BCUT2D eigenvalue weighted by Crippen LogP contribution is -2.08. The molecule has 32 heteroatoms. The lowest BCUT2D eigenvalue weighted by molar-refractivity contribution is -0.139. The van der Waals surface area contributed by atoms with Gasteiger partial charge in [0.1, 0.15) is 45.6 Å². The Bertz CT molecular complexity index is 4440. The number of halogens is 11. The summed E-state index contributed by atoms with van der Waals surface area (Å²) in [6, 6.07) is 27.5. The molecule has 21 nitrogen and oxygen atoms in total. The van der Waals surface area contributed by atoms with Crippen LogP contribution in [-0.4, -0.2) is 71.4 Å². The van der Waals surface area contributed by atoms with Crippen LogP contribution in [0.25, 0.3) is 76.3 Å². The Morgan fingerprint density at radius 2 is 0.793 bits per heavy atom. The van der Waals surface area contributed by atoms with Crippen LogP contribution in [0, 0.1) is 40.7 Å². The molecule has 422 valence electrons. The van der Waals surface area contributed by atoms with Gasteiger partial charge >= 0.3 is 6.18 Å². The second kappa shape index (κ2) is 24.1. The van der Waals surface area contributed by atoms with Crippen LogP contribution >= 0.6 is 15.9 Å². The van der Waals surface area contributed by atoms with E-state index in [2.05, 4.69) is 87.3 Å². The molecule has 21 N–H and O–H groups in total. The Kier molecular flexibility index (Phi) is 16.8. The number of hydrogen-bond acceptors (Lipinski definition) is 14. The fourth-order valence-corrected chi connectivity index (χ4v) is 7.83. The van der Waals surface area contributed by atoms with Crippen LogP contribution in [0.2, 0.25) is 0 Å².